The van der Waals surface area contributed by atoms with E-state index in [0.717, 1.165) is 30.9 Å². The summed E-state index contributed by atoms with van der Waals surface area (Å²) >= 11 is 7.39. The highest BCUT2D eigenvalue weighted by atomic mass is 35.5. The molecule has 22 heavy (non-hydrogen) atoms. The highest BCUT2D eigenvalue weighted by Gasteiger charge is 2.25. The van der Waals surface area contributed by atoms with Crippen LogP contribution in [0, 0.1) is 11.3 Å². The number of nitrogens with one attached hydrogen (secondary N) is 1. The van der Waals surface area contributed by atoms with Crippen molar-refractivity contribution < 1.29 is 9.53 Å². The lowest BCUT2D eigenvalue weighted by molar-refractivity contribution is -0.119. The molecule has 0 spiro atoms. The van der Waals surface area contributed by atoms with Gasteiger partial charge in [0, 0.05) is 24.2 Å². The Morgan fingerprint density at radius 2 is 2.45 bits per heavy atom. The Morgan fingerprint density at radius 3 is 3.18 bits per heavy atom. The molecule has 0 aromatic heterocycles. The third-order valence-electron chi connectivity index (χ3n) is 3.43. The lowest BCUT2D eigenvalue weighted by atomic mass is 10.2. The van der Waals surface area contributed by atoms with Crippen molar-refractivity contribution in [1.29, 1.82) is 5.26 Å². The van der Waals surface area contributed by atoms with Crippen molar-refractivity contribution >= 4 is 35.0 Å². The van der Waals surface area contributed by atoms with Crippen molar-refractivity contribution in [3.05, 3.63) is 23.2 Å². The maximum Gasteiger partial charge on any atom is 0.230 e. The minimum Gasteiger partial charge on any atom is -0.495 e. The van der Waals surface area contributed by atoms with E-state index in [9.17, 15) is 4.79 Å². The van der Waals surface area contributed by atoms with Crippen molar-refractivity contribution in [3.63, 3.8) is 0 Å². The largest absolute Gasteiger partial charge is 0.495 e. The number of carbonyl (C=O) groups excluding carboxylic acids is 1. The van der Waals surface area contributed by atoms with E-state index in [-0.39, 0.29) is 11.9 Å². The lowest BCUT2D eigenvalue weighted by Crippen LogP contribution is -2.38. The molecule has 1 aliphatic heterocycles. The summed E-state index contributed by atoms with van der Waals surface area (Å²) in [6.07, 6.45) is 0.879. The van der Waals surface area contributed by atoms with Crippen LogP contribution in [0.15, 0.2) is 18.2 Å². The number of amides is 1. The van der Waals surface area contributed by atoms with E-state index in [1.54, 1.807) is 13.2 Å². The Bertz CT molecular complexity index is 576. The summed E-state index contributed by atoms with van der Waals surface area (Å²) in [5.74, 6) is 1.42. The molecule has 1 heterocycles. The van der Waals surface area contributed by atoms with Gasteiger partial charge in [-0.1, -0.05) is 11.6 Å². The van der Waals surface area contributed by atoms with Gasteiger partial charge in [-0.15, -0.1) is 11.8 Å². The average molecular weight is 340 g/mol. The molecule has 0 saturated carbocycles. The zero-order valence-electron chi connectivity index (χ0n) is 12.3. The Labute approximate surface area is 139 Å². The maximum atomic E-state index is 11.8. The molecular formula is C15H18ClN3O2S. The molecule has 118 valence electrons. The molecule has 0 radical (unpaired) electrons. The molecule has 0 bridgehead atoms. The fourth-order valence-electron chi connectivity index (χ4n) is 2.47. The maximum absolute atomic E-state index is 11.8. The van der Waals surface area contributed by atoms with Crippen molar-refractivity contribution in [2.75, 3.05) is 36.6 Å². The van der Waals surface area contributed by atoms with Gasteiger partial charge in [-0.3, -0.25) is 4.79 Å². The average Bonchev–Trinajstić information content (AvgIpc) is 2.95. The summed E-state index contributed by atoms with van der Waals surface area (Å²) in [4.78, 5) is 14.0. The van der Waals surface area contributed by atoms with Crippen LogP contribution in [0.3, 0.4) is 0 Å². The van der Waals surface area contributed by atoms with Crippen LogP contribution >= 0.6 is 23.4 Å². The summed E-state index contributed by atoms with van der Waals surface area (Å²) in [7, 11) is 1.63. The second kappa shape index (κ2) is 8.16. The number of halogens is 1. The van der Waals surface area contributed by atoms with Crippen LogP contribution in [-0.4, -0.2) is 43.7 Å². The molecule has 1 aliphatic rings. The first-order chi connectivity index (χ1) is 10.6. The van der Waals surface area contributed by atoms with Gasteiger partial charge in [-0.05, 0) is 24.6 Å². The van der Waals surface area contributed by atoms with Crippen LogP contribution in [0.2, 0.25) is 5.02 Å². The second-order valence-electron chi connectivity index (χ2n) is 4.97. The number of nitrogens with zero attached hydrogens (tertiary/aromatic N) is 2. The van der Waals surface area contributed by atoms with Crippen LogP contribution in [0.1, 0.15) is 6.42 Å². The number of hydrogen-bond donors (Lipinski definition) is 1. The van der Waals surface area contributed by atoms with Gasteiger partial charge in [0.2, 0.25) is 5.91 Å². The number of benzene rings is 1. The zero-order valence-corrected chi connectivity index (χ0v) is 13.9. The monoisotopic (exact) mass is 339 g/mol. The van der Waals surface area contributed by atoms with Gasteiger partial charge in [0.15, 0.2) is 0 Å². The van der Waals surface area contributed by atoms with E-state index in [1.807, 2.05) is 18.2 Å². The predicted molar refractivity (Wildman–Crippen MR) is 89.7 cm³/mol. The zero-order chi connectivity index (χ0) is 15.9. The summed E-state index contributed by atoms with van der Waals surface area (Å²) in [5.41, 5.74) is 0.950. The topological polar surface area (TPSA) is 65.4 Å². The number of thioether (sulfide) groups is 1. The molecule has 1 saturated heterocycles. The van der Waals surface area contributed by atoms with Crippen LogP contribution in [0.5, 0.6) is 5.75 Å². The fourth-order valence-corrected chi connectivity index (χ4v) is 3.09. The Morgan fingerprint density at radius 1 is 1.64 bits per heavy atom. The van der Waals surface area contributed by atoms with Crippen LogP contribution in [0.4, 0.5) is 5.69 Å². The van der Waals surface area contributed by atoms with Gasteiger partial charge in [0.25, 0.3) is 0 Å². The van der Waals surface area contributed by atoms with Crippen LogP contribution in [-0.2, 0) is 4.79 Å². The summed E-state index contributed by atoms with van der Waals surface area (Å²) in [6.45, 7) is 1.57. The van der Waals surface area contributed by atoms with Gasteiger partial charge in [-0.25, -0.2) is 0 Å². The molecule has 1 fully saturated rings. The number of ether oxygens (including phenoxy) is 1. The lowest BCUT2D eigenvalue weighted by Gasteiger charge is -2.21. The van der Waals surface area contributed by atoms with Crippen molar-refractivity contribution in [3.8, 4) is 11.8 Å². The first-order valence-electron chi connectivity index (χ1n) is 6.96. The summed E-state index contributed by atoms with van der Waals surface area (Å²) < 4.78 is 5.37. The third kappa shape index (κ3) is 4.46. The smallest absolute Gasteiger partial charge is 0.230 e. The quantitative estimate of drug-likeness (QED) is 0.806. The number of nitriles is 1. The molecule has 1 atom stereocenters. The first kappa shape index (κ1) is 16.8. The summed E-state index contributed by atoms with van der Waals surface area (Å²) in [5, 5.41) is 12.1. The van der Waals surface area contributed by atoms with Crippen molar-refractivity contribution in [1.82, 2.24) is 5.32 Å². The Hall–Kier alpha value is -1.58. The van der Waals surface area contributed by atoms with Crippen LogP contribution < -0.4 is 15.0 Å². The molecular weight excluding hydrogens is 322 g/mol. The SMILES string of the molecule is COc1ccc(Cl)cc1N1CC[C@@H](NC(=O)CSCC#N)C1. The minimum absolute atomic E-state index is 0.0230. The molecule has 0 unspecified atom stereocenters. The molecule has 2 rings (SSSR count). The Balaban J connectivity index is 1.91. The van der Waals surface area contributed by atoms with E-state index in [1.165, 1.54) is 11.8 Å². The van der Waals surface area contributed by atoms with Crippen molar-refractivity contribution in [2.24, 2.45) is 0 Å². The number of carbonyl (C=O) groups is 1. The molecule has 1 aromatic carbocycles. The standard InChI is InChI=1S/C15H18ClN3O2S/c1-21-14-3-2-11(16)8-13(14)19-6-4-12(9-19)18-15(20)10-22-7-5-17/h2-3,8,12H,4,6-7,9-10H2,1H3,(H,18,20)/t12-/m1/s1. The summed E-state index contributed by atoms with van der Waals surface area (Å²) in [6, 6.07) is 7.65. The third-order valence-corrected chi connectivity index (χ3v) is 4.47. The number of rotatable bonds is 6. The number of hydrogen-bond acceptors (Lipinski definition) is 5. The van der Waals surface area contributed by atoms with Gasteiger partial charge >= 0.3 is 0 Å². The molecule has 1 amide bonds. The number of anilines is 1. The minimum atomic E-state index is -0.0230. The normalized spacial score (nSPS) is 17.1. The van der Waals surface area contributed by atoms with Crippen LogP contribution in [0.25, 0.3) is 0 Å². The molecule has 5 nitrogen and oxygen atoms in total. The van der Waals surface area contributed by atoms with Gasteiger partial charge in [0.05, 0.1) is 30.4 Å². The number of methoxy groups -OCH3 is 1. The second-order valence-corrected chi connectivity index (χ2v) is 6.39. The molecule has 0 aliphatic carbocycles. The highest BCUT2D eigenvalue weighted by Crippen LogP contribution is 2.33. The molecule has 1 aromatic rings. The van der Waals surface area contributed by atoms with E-state index in [0.29, 0.717) is 16.5 Å². The van der Waals surface area contributed by atoms with Gasteiger partial charge < -0.3 is 15.0 Å². The van der Waals surface area contributed by atoms with E-state index in [4.69, 9.17) is 21.6 Å². The molecule has 7 heteroatoms. The van der Waals surface area contributed by atoms with E-state index in [2.05, 4.69) is 10.2 Å². The van der Waals surface area contributed by atoms with E-state index < -0.39 is 0 Å². The fraction of sp³-hybridized carbons (Fsp3) is 0.467. The first-order valence-corrected chi connectivity index (χ1v) is 8.50. The van der Waals surface area contributed by atoms with Crippen molar-refractivity contribution in [2.45, 2.75) is 12.5 Å². The molecule has 1 N–H and O–H groups in total. The predicted octanol–water partition coefficient (Wildman–Crippen LogP) is 2.30. The van der Waals surface area contributed by atoms with Gasteiger partial charge in [0.1, 0.15) is 5.75 Å². The van der Waals surface area contributed by atoms with E-state index >= 15 is 0 Å². The van der Waals surface area contributed by atoms with Gasteiger partial charge in [-0.2, -0.15) is 5.26 Å². The Kier molecular flexibility index (Phi) is 6.22. The highest BCUT2D eigenvalue weighted by molar-refractivity contribution is 8.00.